The van der Waals surface area contributed by atoms with Crippen molar-refractivity contribution in [3.63, 3.8) is 0 Å². The van der Waals surface area contributed by atoms with E-state index in [1.165, 1.54) is 79.7 Å². The summed E-state index contributed by atoms with van der Waals surface area (Å²) in [6.45, 7) is 6.78. The molecule has 14 aromatic carbocycles. The standard InChI is InChI=1S/C20H14F3S.C19H12F3S.C18H11F2S.C18H13OS.C18H19S/c21-20(22,23)13-14-6-5-7-15(12-14)24-18-10-3-1-8-16(18)17-9-2-4-11-19(17)24;20-19(21,22)13-6-5-7-14(12-13)23-17-10-3-1-8-15(17)16-9-2-4-11-18(16)23;19-12-9-13(20)11-14(10-12)21-17-7-3-1-5-15(17)16-6-2-4-8-18(16)21;1-2-8-14(9-3-1)20-17-12-6-4-10-15(17)19-16-11-5-7-13-18(16)20;1-18(2,3)15-8-10-16(11-9-15)19-13-12-14-6-4-5-7-17(14)19/h1-12H,13H2;1-12H;1-11H;1-13H;4-13H,1-3H3/q5*+1. The first-order valence-electron chi connectivity index (χ1n) is 34.6. The van der Waals surface area contributed by atoms with Crippen LogP contribution in [0.1, 0.15) is 37.5 Å². The largest absolute Gasteiger partial charge is 0.447 e. The first-order valence-corrected chi connectivity index (χ1v) is 40.8. The molecule has 107 heavy (non-hydrogen) atoms. The van der Waals surface area contributed by atoms with Crippen molar-refractivity contribution in [2.75, 3.05) is 0 Å². The van der Waals surface area contributed by atoms with Gasteiger partial charge in [-0.15, -0.1) is 0 Å². The Morgan fingerprint density at radius 1 is 0.299 bits per heavy atom. The minimum Gasteiger partial charge on any atom is -0.447 e. The van der Waals surface area contributed by atoms with Gasteiger partial charge in [0.15, 0.2) is 68.9 Å². The maximum absolute atomic E-state index is 13.6. The van der Waals surface area contributed by atoms with Crippen LogP contribution >= 0.6 is 41.9 Å². The molecule has 1 nitrogen and oxygen atoms in total. The zero-order valence-electron chi connectivity index (χ0n) is 58.2. The van der Waals surface area contributed by atoms with Gasteiger partial charge in [0.1, 0.15) is 27.9 Å². The van der Waals surface area contributed by atoms with Crippen molar-refractivity contribution in [1.29, 1.82) is 0 Å². The monoisotopic (exact) mass is 1510 g/mol. The van der Waals surface area contributed by atoms with Crippen molar-refractivity contribution < 1.29 is 39.9 Å². The molecule has 1 aliphatic heterocycles. The number of ether oxygens (including phenoxy) is 1. The van der Waals surface area contributed by atoms with E-state index >= 15 is 0 Å². The number of hydrogen-bond acceptors (Lipinski definition) is 1. The van der Waals surface area contributed by atoms with Crippen LogP contribution in [0.3, 0.4) is 0 Å². The molecule has 0 aliphatic carbocycles. The molecular weight excluding hydrogens is 1450 g/mol. The number of rotatable bonds is 6. The molecule has 0 fully saturated rings. The second-order valence-electron chi connectivity index (χ2n) is 26.5. The summed E-state index contributed by atoms with van der Waals surface area (Å²) in [7, 11) is -1.24. The van der Waals surface area contributed by atoms with Gasteiger partial charge in [0.05, 0.1) is 12.0 Å². The molecule has 4 aromatic heterocycles. The van der Waals surface area contributed by atoms with E-state index in [1.807, 2.05) is 140 Å². The van der Waals surface area contributed by atoms with Gasteiger partial charge in [0.25, 0.3) is 0 Å². The van der Waals surface area contributed by atoms with E-state index in [4.69, 9.17) is 4.74 Å². The van der Waals surface area contributed by atoms with Gasteiger partial charge in [-0.05, 0) is 168 Å². The third-order valence-electron chi connectivity index (χ3n) is 18.4. The van der Waals surface area contributed by atoms with Gasteiger partial charge in [0, 0.05) is 116 Å². The summed E-state index contributed by atoms with van der Waals surface area (Å²) in [6.07, 6.45) is -9.40. The van der Waals surface area contributed by atoms with Crippen molar-refractivity contribution in [3.05, 3.63) is 379 Å². The minimum atomic E-state index is -4.32. The molecule has 0 saturated carbocycles. The molecule has 14 heteroatoms. The van der Waals surface area contributed by atoms with Crippen LogP contribution in [0.5, 0.6) is 11.5 Å². The highest BCUT2D eigenvalue weighted by molar-refractivity contribution is 7.97. The number of thiophene rings is 4. The minimum absolute atomic E-state index is 0.0829. The number of benzene rings is 14. The van der Waals surface area contributed by atoms with E-state index in [9.17, 15) is 35.1 Å². The number of para-hydroxylation sites is 2. The number of halogens is 8. The topological polar surface area (TPSA) is 9.23 Å². The van der Waals surface area contributed by atoms with E-state index in [2.05, 4.69) is 172 Å². The predicted octanol–water partition coefficient (Wildman–Crippen LogP) is 30.4. The maximum atomic E-state index is 13.6. The first-order chi connectivity index (χ1) is 51.8. The summed E-state index contributed by atoms with van der Waals surface area (Å²) in [5, 5.41) is 10.6. The molecular formula is C93H69F8OS5+5. The summed E-state index contributed by atoms with van der Waals surface area (Å²) >= 11 is 0. The predicted molar refractivity (Wildman–Crippen MR) is 439 cm³/mol. The van der Waals surface area contributed by atoms with Crippen LogP contribution in [0.2, 0.25) is 0 Å². The van der Waals surface area contributed by atoms with Gasteiger partial charge in [-0.3, -0.25) is 0 Å². The Labute approximate surface area is 628 Å². The van der Waals surface area contributed by atoms with Crippen molar-refractivity contribution in [3.8, 4) is 31.1 Å². The average molecular weight is 1510 g/mol. The highest BCUT2D eigenvalue weighted by Gasteiger charge is 2.39. The quantitative estimate of drug-likeness (QED) is 0.119. The first kappa shape index (κ1) is 71.9. The average Bonchev–Trinajstić information content (AvgIpc) is 1.71. The van der Waals surface area contributed by atoms with E-state index in [0.717, 1.165) is 68.9 Å². The maximum Gasteiger partial charge on any atom is 0.416 e. The zero-order chi connectivity index (χ0) is 74.0. The van der Waals surface area contributed by atoms with E-state index in [1.54, 1.807) is 24.3 Å². The lowest BCUT2D eigenvalue weighted by Crippen LogP contribution is -2.12. The molecule has 528 valence electrons. The number of fused-ring (bicyclic) bond motifs is 12. The molecule has 5 heterocycles. The number of hydrogen-bond donors (Lipinski definition) is 0. The molecule has 1 atom stereocenters. The highest BCUT2D eigenvalue weighted by Crippen LogP contribution is 2.53. The molecule has 1 aliphatic rings. The molecule has 0 saturated heterocycles. The molecule has 0 amide bonds. The zero-order valence-corrected chi connectivity index (χ0v) is 62.2. The third kappa shape index (κ3) is 15.4. The van der Waals surface area contributed by atoms with Crippen molar-refractivity contribution in [1.82, 2.24) is 0 Å². The summed E-state index contributed by atoms with van der Waals surface area (Å²) < 4.78 is 119. The van der Waals surface area contributed by atoms with Crippen LogP contribution in [-0.4, -0.2) is 6.18 Å². The van der Waals surface area contributed by atoms with Gasteiger partial charge in [-0.2, -0.15) is 26.3 Å². The fourth-order valence-electron chi connectivity index (χ4n) is 13.6. The Bertz CT molecular complexity index is 5990. The van der Waals surface area contributed by atoms with Crippen molar-refractivity contribution in [2.24, 2.45) is 0 Å². The molecule has 1 unspecified atom stereocenters. The number of alkyl halides is 6. The van der Waals surface area contributed by atoms with Crippen LogP contribution in [0.25, 0.3) is 90.2 Å². The van der Waals surface area contributed by atoms with Gasteiger partial charge in [0.2, 0.25) is 9.79 Å². The molecule has 19 rings (SSSR count). The molecule has 0 bridgehead atoms. The van der Waals surface area contributed by atoms with Gasteiger partial charge in [-0.25, -0.2) is 8.78 Å². The Morgan fingerprint density at radius 3 is 1.13 bits per heavy atom. The molecule has 18 aromatic rings. The Hall–Kier alpha value is -10.7. The second-order valence-corrected chi connectivity index (χ2v) is 36.2. The van der Waals surface area contributed by atoms with Gasteiger partial charge < -0.3 is 4.74 Å². The van der Waals surface area contributed by atoms with Crippen LogP contribution in [0.15, 0.2) is 366 Å². The normalized spacial score (nSPS) is 12.3. The summed E-state index contributed by atoms with van der Waals surface area (Å²) in [6, 6.07) is 112. The fourth-order valence-corrected chi connectivity index (χ4v) is 25.0. The van der Waals surface area contributed by atoms with E-state index in [-0.39, 0.29) is 37.2 Å². The van der Waals surface area contributed by atoms with Crippen LogP contribution in [-0.2, 0) is 28.9 Å². The lowest BCUT2D eigenvalue weighted by molar-refractivity contribution is -0.137. The second kappa shape index (κ2) is 30.6. The van der Waals surface area contributed by atoms with Gasteiger partial charge >= 0.3 is 12.4 Å². The van der Waals surface area contributed by atoms with Gasteiger partial charge in [-0.1, -0.05) is 178 Å². The van der Waals surface area contributed by atoms with Crippen LogP contribution in [0.4, 0.5) is 35.1 Å². The lowest BCUT2D eigenvalue weighted by atomic mass is 9.87. The summed E-state index contributed by atoms with van der Waals surface area (Å²) in [4.78, 5) is 7.59. The third-order valence-corrected chi connectivity index (χ3v) is 29.6. The van der Waals surface area contributed by atoms with Crippen LogP contribution < -0.4 is 4.74 Å². The Kier molecular flexibility index (Phi) is 20.6. The molecule has 0 radical (unpaired) electrons. The van der Waals surface area contributed by atoms with E-state index in [0.29, 0.717) is 15.4 Å². The summed E-state index contributed by atoms with van der Waals surface area (Å²) in [5.41, 5.74) is 1.35. The highest BCUT2D eigenvalue weighted by atomic mass is 32.2. The Morgan fingerprint density at radius 2 is 0.682 bits per heavy atom. The van der Waals surface area contributed by atoms with Crippen molar-refractivity contribution in [2.45, 2.75) is 59.6 Å². The lowest BCUT2D eigenvalue weighted by Gasteiger charge is -2.19. The van der Waals surface area contributed by atoms with E-state index < -0.39 is 56.9 Å². The van der Waals surface area contributed by atoms with Crippen molar-refractivity contribution >= 4 is 123 Å². The molecule has 0 N–H and O–H groups in total. The smallest absolute Gasteiger partial charge is 0.416 e. The fraction of sp³-hybridized carbons (Fsp3) is 0.0753. The summed E-state index contributed by atoms with van der Waals surface area (Å²) in [5.74, 6) is 0.885. The Balaban J connectivity index is 0.000000107. The molecule has 0 spiro atoms. The SMILES string of the molecule is CC(C)(C)c1ccc(-[s+]2ccc3ccccc32)cc1.FC(F)(F)Cc1cccc(-[s+]2c3ccccc3c3ccccc32)c1.FC(F)(F)c1cccc(-[s+]2c3ccccc3c3ccccc32)c1.Fc1cc(F)cc(-[s+]2c3ccccc3c3ccccc32)c1.c1ccc([S+]2c3ccccc3Oc3ccccc32)cc1. The van der Waals surface area contributed by atoms with Crippen LogP contribution in [0, 0.1) is 11.6 Å².